The van der Waals surface area contributed by atoms with Crippen molar-refractivity contribution in [3.63, 3.8) is 0 Å². The molecular formula is C19H11FN4. The Morgan fingerprint density at radius 3 is 1.50 bits per heavy atom. The average molecular weight is 314 g/mol. The topological polar surface area (TPSA) is 73.4 Å². The number of benzene rings is 2. The van der Waals surface area contributed by atoms with Gasteiger partial charge in [0.25, 0.3) is 0 Å². The second kappa shape index (κ2) is 6.28. The molecule has 1 heterocycles. The van der Waals surface area contributed by atoms with Gasteiger partial charge in [-0.15, -0.1) is 0 Å². The van der Waals surface area contributed by atoms with Gasteiger partial charge in [-0.2, -0.15) is 10.5 Å². The van der Waals surface area contributed by atoms with Gasteiger partial charge in [-0.1, -0.05) is 24.3 Å². The highest BCUT2D eigenvalue weighted by atomic mass is 19.1. The standard InChI is InChI=1S/C19H11FN4/c20-19(18-11-23-13-24-12-18,16-5-1-14(9-21)2-6-16)17-7-3-15(10-22)4-8-17/h1-8,11-13H. The first-order valence-corrected chi connectivity index (χ1v) is 7.14. The number of hydrogen-bond acceptors (Lipinski definition) is 4. The maximum atomic E-state index is 16.2. The van der Waals surface area contributed by atoms with Gasteiger partial charge in [-0.3, -0.25) is 0 Å². The molecule has 0 fully saturated rings. The van der Waals surface area contributed by atoms with Gasteiger partial charge in [0, 0.05) is 18.0 Å². The molecule has 0 saturated heterocycles. The Bertz CT molecular complexity index is 863. The zero-order chi connectivity index (χ0) is 17.0. The van der Waals surface area contributed by atoms with Crippen LogP contribution in [0.25, 0.3) is 0 Å². The third kappa shape index (κ3) is 2.60. The first-order valence-electron chi connectivity index (χ1n) is 7.14. The van der Waals surface area contributed by atoms with E-state index in [9.17, 15) is 0 Å². The minimum absolute atomic E-state index is 0.277. The van der Waals surface area contributed by atoms with Crippen LogP contribution < -0.4 is 0 Å². The quantitative estimate of drug-likeness (QED) is 0.742. The number of hydrogen-bond donors (Lipinski definition) is 0. The third-order valence-electron chi connectivity index (χ3n) is 3.78. The molecule has 0 aliphatic heterocycles. The molecule has 0 radical (unpaired) electrons. The van der Waals surface area contributed by atoms with Crippen LogP contribution in [0.3, 0.4) is 0 Å². The fourth-order valence-electron chi connectivity index (χ4n) is 2.53. The van der Waals surface area contributed by atoms with Crippen molar-refractivity contribution in [2.24, 2.45) is 0 Å². The predicted molar refractivity (Wildman–Crippen MR) is 85.3 cm³/mol. The Kier molecular flexibility index (Phi) is 4.01. The molecule has 0 amide bonds. The van der Waals surface area contributed by atoms with E-state index in [4.69, 9.17) is 10.5 Å². The lowest BCUT2D eigenvalue weighted by atomic mass is 9.83. The summed E-state index contributed by atoms with van der Waals surface area (Å²) in [5.74, 6) is 0. The van der Waals surface area contributed by atoms with Gasteiger partial charge in [0.2, 0.25) is 0 Å². The number of halogens is 1. The van der Waals surface area contributed by atoms with Crippen molar-refractivity contribution in [3.05, 3.63) is 95.1 Å². The molecule has 0 aliphatic carbocycles. The molecule has 0 N–H and O–H groups in total. The summed E-state index contributed by atoms with van der Waals surface area (Å²) >= 11 is 0. The minimum Gasteiger partial charge on any atom is -0.244 e. The van der Waals surface area contributed by atoms with E-state index >= 15 is 4.39 Å². The minimum atomic E-state index is -1.98. The Morgan fingerprint density at radius 2 is 1.12 bits per heavy atom. The fraction of sp³-hybridized carbons (Fsp3) is 0.0526. The highest BCUT2D eigenvalue weighted by molar-refractivity contribution is 5.48. The third-order valence-corrected chi connectivity index (χ3v) is 3.78. The van der Waals surface area contributed by atoms with E-state index in [2.05, 4.69) is 9.97 Å². The zero-order valence-corrected chi connectivity index (χ0v) is 12.5. The Hall–Kier alpha value is -3.57. The summed E-state index contributed by atoms with van der Waals surface area (Å²) in [5.41, 5.74) is -0.0830. The molecule has 0 saturated carbocycles. The summed E-state index contributed by atoms with van der Waals surface area (Å²) in [6.45, 7) is 0. The highest BCUT2D eigenvalue weighted by Crippen LogP contribution is 2.40. The highest BCUT2D eigenvalue weighted by Gasteiger charge is 2.37. The summed E-state index contributed by atoms with van der Waals surface area (Å²) in [6.07, 6.45) is 4.17. The molecule has 0 aliphatic rings. The van der Waals surface area contributed by atoms with Crippen LogP contribution in [0.5, 0.6) is 0 Å². The predicted octanol–water partition coefficient (Wildman–Crippen LogP) is 3.48. The van der Waals surface area contributed by atoms with Crippen molar-refractivity contribution < 1.29 is 4.39 Å². The van der Waals surface area contributed by atoms with Gasteiger partial charge in [-0.25, -0.2) is 14.4 Å². The van der Waals surface area contributed by atoms with E-state index < -0.39 is 5.67 Å². The number of alkyl halides is 1. The zero-order valence-electron chi connectivity index (χ0n) is 12.5. The lowest BCUT2D eigenvalue weighted by Gasteiger charge is -2.26. The molecule has 5 heteroatoms. The van der Waals surface area contributed by atoms with E-state index in [-0.39, 0.29) is 5.56 Å². The van der Waals surface area contributed by atoms with Crippen molar-refractivity contribution >= 4 is 0 Å². The summed E-state index contributed by atoms with van der Waals surface area (Å²) in [4.78, 5) is 7.83. The molecule has 3 aromatic rings. The van der Waals surface area contributed by atoms with Crippen LogP contribution in [-0.2, 0) is 5.67 Å². The van der Waals surface area contributed by atoms with Crippen LogP contribution in [0.15, 0.2) is 67.3 Å². The lowest BCUT2D eigenvalue weighted by Crippen LogP contribution is -2.24. The Morgan fingerprint density at radius 1 is 0.708 bits per heavy atom. The fourth-order valence-corrected chi connectivity index (χ4v) is 2.53. The number of rotatable bonds is 3. The largest absolute Gasteiger partial charge is 0.244 e. The Balaban J connectivity index is 2.20. The van der Waals surface area contributed by atoms with Crippen molar-refractivity contribution in [3.8, 4) is 12.1 Å². The van der Waals surface area contributed by atoms with E-state index in [0.717, 1.165) is 0 Å². The van der Waals surface area contributed by atoms with Crippen molar-refractivity contribution in [1.29, 1.82) is 10.5 Å². The molecule has 0 bridgehead atoms. The van der Waals surface area contributed by atoms with Gasteiger partial charge >= 0.3 is 0 Å². The van der Waals surface area contributed by atoms with Crippen LogP contribution in [0.1, 0.15) is 27.8 Å². The Labute approximate surface area is 138 Å². The molecule has 1 aromatic heterocycles. The van der Waals surface area contributed by atoms with Crippen molar-refractivity contribution in [1.82, 2.24) is 9.97 Å². The van der Waals surface area contributed by atoms with Crippen LogP contribution in [0, 0.1) is 22.7 Å². The lowest BCUT2D eigenvalue weighted by molar-refractivity contribution is 0.279. The first kappa shape index (κ1) is 15.3. The first-order chi connectivity index (χ1) is 11.7. The van der Waals surface area contributed by atoms with Gasteiger partial charge < -0.3 is 0 Å². The molecule has 0 atom stereocenters. The monoisotopic (exact) mass is 314 g/mol. The number of nitrogens with zero attached hydrogens (tertiary/aromatic N) is 4. The van der Waals surface area contributed by atoms with Gasteiger partial charge in [-0.05, 0) is 35.4 Å². The van der Waals surface area contributed by atoms with Crippen LogP contribution in [-0.4, -0.2) is 9.97 Å². The van der Waals surface area contributed by atoms with Gasteiger partial charge in [0.05, 0.1) is 23.3 Å². The summed E-state index contributed by atoms with van der Waals surface area (Å²) in [7, 11) is 0. The molecule has 3 rings (SSSR count). The maximum Gasteiger partial charge on any atom is 0.189 e. The number of nitriles is 2. The molecule has 0 unspecified atom stereocenters. The second-order valence-electron chi connectivity index (χ2n) is 5.16. The normalized spacial score (nSPS) is 10.6. The average Bonchev–Trinajstić information content (AvgIpc) is 2.68. The molecule has 2 aromatic carbocycles. The van der Waals surface area contributed by atoms with Crippen LogP contribution >= 0.6 is 0 Å². The second-order valence-corrected chi connectivity index (χ2v) is 5.16. The molecule has 0 spiro atoms. The maximum absolute atomic E-state index is 16.2. The molecular weight excluding hydrogens is 303 g/mol. The SMILES string of the molecule is N#Cc1ccc(C(F)(c2ccc(C#N)cc2)c2cncnc2)cc1. The van der Waals surface area contributed by atoms with Crippen molar-refractivity contribution in [2.45, 2.75) is 5.67 Å². The summed E-state index contributed by atoms with van der Waals surface area (Å²) in [5, 5.41) is 17.9. The van der Waals surface area contributed by atoms with Crippen LogP contribution in [0.2, 0.25) is 0 Å². The van der Waals surface area contributed by atoms with E-state index in [1.165, 1.54) is 18.7 Å². The molecule has 24 heavy (non-hydrogen) atoms. The van der Waals surface area contributed by atoms with Gasteiger partial charge in [0.15, 0.2) is 5.67 Å². The van der Waals surface area contributed by atoms with Crippen molar-refractivity contribution in [2.75, 3.05) is 0 Å². The van der Waals surface area contributed by atoms with E-state index in [1.807, 2.05) is 12.1 Å². The summed E-state index contributed by atoms with van der Waals surface area (Å²) < 4.78 is 16.2. The smallest absolute Gasteiger partial charge is 0.189 e. The molecule has 114 valence electrons. The number of aromatic nitrogens is 2. The van der Waals surface area contributed by atoms with E-state index in [0.29, 0.717) is 22.3 Å². The molecule has 4 nitrogen and oxygen atoms in total. The van der Waals surface area contributed by atoms with Gasteiger partial charge in [0.1, 0.15) is 6.33 Å². The van der Waals surface area contributed by atoms with Crippen LogP contribution in [0.4, 0.5) is 4.39 Å². The van der Waals surface area contributed by atoms with E-state index in [1.54, 1.807) is 48.5 Å². The summed E-state index contributed by atoms with van der Waals surface area (Å²) in [6, 6.07) is 16.6.